The van der Waals surface area contributed by atoms with Crippen LogP contribution in [0.5, 0.6) is 5.75 Å². The predicted octanol–water partition coefficient (Wildman–Crippen LogP) is 1.12. The van der Waals surface area contributed by atoms with Gasteiger partial charge in [0.05, 0.1) is 5.70 Å². The van der Waals surface area contributed by atoms with Crippen molar-refractivity contribution < 1.29 is 14.7 Å². The van der Waals surface area contributed by atoms with Crippen molar-refractivity contribution in [3.63, 3.8) is 0 Å². The Balaban J connectivity index is 0.000000135. The maximum Gasteiger partial charge on any atom is 0.227 e. The van der Waals surface area contributed by atoms with Crippen molar-refractivity contribution in [2.75, 3.05) is 39.3 Å². The zero-order valence-corrected chi connectivity index (χ0v) is 15.3. The van der Waals surface area contributed by atoms with Gasteiger partial charge in [0.25, 0.3) is 0 Å². The molecule has 0 radical (unpaired) electrons. The number of ketones is 2. The van der Waals surface area contributed by atoms with Crippen molar-refractivity contribution in [1.29, 1.82) is 0 Å². The Labute approximate surface area is 162 Å². The molecule has 3 saturated heterocycles. The number of aromatic nitrogens is 1. The highest BCUT2D eigenvalue weighted by molar-refractivity contribution is 6.22. The summed E-state index contributed by atoms with van der Waals surface area (Å²) in [6.45, 7) is 5.41. The van der Waals surface area contributed by atoms with E-state index in [4.69, 9.17) is 0 Å². The number of rotatable bonds is 3. The number of Topliss-reactive ketones (excluding diaryl/α,β-unsaturated/α-hetero) is 1. The highest BCUT2D eigenvalue weighted by Gasteiger charge is 2.43. The number of phenols is 1. The minimum atomic E-state index is 0.00546. The van der Waals surface area contributed by atoms with E-state index in [9.17, 15) is 14.7 Å². The Morgan fingerprint density at radius 3 is 2.11 bits per heavy atom. The Kier molecular flexibility index (Phi) is 3.82. The van der Waals surface area contributed by atoms with E-state index in [0.29, 0.717) is 22.6 Å². The molecule has 1 aliphatic carbocycles. The number of allylic oxidation sites excluding steroid dienone is 1. The van der Waals surface area contributed by atoms with Crippen LogP contribution < -0.4 is 0 Å². The van der Waals surface area contributed by atoms with Crippen molar-refractivity contribution in [1.82, 2.24) is 19.7 Å². The van der Waals surface area contributed by atoms with E-state index in [2.05, 4.69) is 4.98 Å². The number of carbonyl (C=O) groups is 2. The molecule has 0 saturated carbocycles. The summed E-state index contributed by atoms with van der Waals surface area (Å²) in [7, 11) is 0. The van der Waals surface area contributed by atoms with Crippen LogP contribution >= 0.6 is 0 Å². The lowest BCUT2D eigenvalue weighted by molar-refractivity contribution is -0.117. The second-order valence-electron chi connectivity index (χ2n) is 7.23. The molecule has 0 spiro atoms. The zero-order valence-electron chi connectivity index (χ0n) is 15.3. The summed E-state index contributed by atoms with van der Waals surface area (Å²) in [5.41, 5.74) is 2.55. The van der Waals surface area contributed by atoms with Crippen LogP contribution in [0.25, 0.3) is 10.9 Å². The summed E-state index contributed by atoms with van der Waals surface area (Å²) in [4.78, 5) is 34.5. The van der Waals surface area contributed by atoms with Gasteiger partial charge in [0.2, 0.25) is 11.6 Å². The number of phenolic OH excluding ortho intramolecular Hbond substituents is 1. The number of benzene rings is 1. The third kappa shape index (κ3) is 3.09. The molecule has 0 unspecified atom stereocenters. The molecule has 3 aliphatic heterocycles. The number of carbonyl (C=O) groups excluding carboxylic acids is 2. The molecular formula is C21H20N4O3. The van der Waals surface area contributed by atoms with E-state index in [1.54, 1.807) is 18.3 Å². The number of nitrogens with zero attached hydrogens (tertiary/aromatic N) is 4. The molecule has 7 heteroatoms. The van der Waals surface area contributed by atoms with Crippen LogP contribution in [0.2, 0.25) is 0 Å². The number of pyridine rings is 1. The molecule has 4 heterocycles. The highest BCUT2D eigenvalue weighted by Crippen LogP contribution is 2.33. The van der Waals surface area contributed by atoms with E-state index in [0.717, 1.165) is 44.7 Å². The van der Waals surface area contributed by atoms with Crippen LogP contribution in [0.4, 0.5) is 0 Å². The van der Waals surface area contributed by atoms with Crippen LogP contribution in [0.1, 0.15) is 0 Å². The maximum atomic E-state index is 12.4. The summed E-state index contributed by atoms with van der Waals surface area (Å²) < 4.78 is 0. The maximum absolute atomic E-state index is 12.4. The van der Waals surface area contributed by atoms with Crippen molar-refractivity contribution in [3.05, 3.63) is 59.7 Å². The Bertz CT molecular complexity index is 1040. The van der Waals surface area contributed by atoms with Gasteiger partial charge in [-0.2, -0.15) is 0 Å². The number of hydrogen-bond acceptors (Lipinski definition) is 7. The molecule has 3 fully saturated rings. The van der Waals surface area contributed by atoms with Crippen LogP contribution in [0, 0.1) is 0 Å². The first-order chi connectivity index (χ1) is 13.6. The van der Waals surface area contributed by atoms with Gasteiger partial charge >= 0.3 is 0 Å². The van der Waals surface area contributed by atoms with Gasteiger partial charge in [-0.15, -0.1) is 0 Å². The second-order valence-corrected chi connectivity index (χ2v) is 7.23. The van der Waals surface area contributed by atoms with Crippen LogP contribution in [-0.2, 0) is 9.59 Å². The van der Waals surface area contributed by atoms with Crippen molar-refractivity contribution in [3.8, 4) is 5.75 Å². The molecule has 1 aromatic heterocycles. The first-order valence-corrected chi connectivity index (χ1v) is 9.46. The number of aromatic hydroxyl groups is 1. The summed E-state index contributed by atoms with van der Waals surface area (Å²) in [6, 6.07) is 9.13. The highest BCUT2D eigenvalue weighted by atomic mass is 16.3. The molecule has 4 aliphatic rings. The third-order valence-corrected chi connectivity index (χ3v) is 5.10. The van der Waals surface area contributed by atoms with E-state index in [1.807, 2.05) is 32.9 Å². The van der Waals surface area contributed by atoms with Gasteiger partial charge in [0.1, 0.15) is 22.7 Å². The Hall–Kier alpha value is -3.35. The number of para-hydroxylation sites is 1. The standard InChI is InChI=1S/C12H13N3O2.C9H7NO/c16-9-7-8(13-1-2-13)12(17)11(15-5-6-15)10(9)14-3-4-14;11-8-5-1-3-7-4-2-6-10-9(7)8/h7H,1-6H2;1-6,11H. The predicted molar refractivity (Wildman–Crippen MR) is 103 cm³/mol. The van der Waals surface area contributed by atoms with Gasteiger partial charge in [0.15, 0.2) is 0 Å². The van der Waals surface area contributed by atoms with Gasteiger partial charge in [0, 0.05) is 56.9 Å². The average molecular weight is 376 g/mol. The Morgan fingerprint density at radius 1 is 0.821 bits per heavy atom. The van der Waals surface area contributed by atoms with Gasteiger partial charge < -0.3 is 19.8 Å². The fraction of sp³-hybridized carbons (Fsp3) is 0.286. The molecular weight excluding hydrogens is 356 g/mol. The monoisotopic (exact) mass is 376 g/mol. The van der Waals surface area contributed by atoms with Crippen LogP contribution in [-0.4, -0.2) is 75.6 Å². The fourth-order valence-electron chi connectivity index (χ4n) is 3.36. The largest absolute Gasteiger partial charge is 0.506 e. The topological polar surface area (TPSA) is 76.3 Å². The summed E-state index contributed by atoms with van der Waals surface area (Å²) in [5.74, 6) is 0.288. The fourth-order valence-corrected chi connectivity index (χ4v) is 3.36. The first-order valence-electron chi connectivity index (χ1n) is 9.46. The third-order valence-electron chi connectivity index (χ3n) is 5.10. The second kappa shape index (κ2) is 6.37. The Morgan fingerprint density at radius 2 is 1.46 bits per heavy atom. The summed E-state index contributed by atoms with van der Waals surface area (Å²) >= 11 is 0. The molecule has 1 N–H and O–H groups in total. The smallest absolute Gasteiger partial charge is 0.227 e. The molecule has 1 aromatic carbocycles. The quantitative estimate of drug-likeness (QED) is 0.635. The zero-order chi connectivity index (χ0) is 19.3. The molecule has 0 atom stereocenters. The summed E-state index contributed by atoms with van der Waals surface area (Å²) in [5, 5.41) is 10.3. The number of fused-ring (bicyclic) bond motifs is 1. The minimum Gasteiger partial charge on any atom is -0.506 e. The molecule has 7 nitrogen and oxygen atoms in total. The van der Waals surface area contributed by atoms with Crippen molar-refractivity contribution >= 4 is 22.5 Å². The molecule has 6 rings (SSSR count). The number of hydrogen-bond donors (Lipinski definition) is 1. The van der Waals surface area contributed by atoms with E-state index < -0.39 is 0 Å². The van der Waals surface area contributed by atoms with Crippen LogP contribution in [0.3, 0.4) is 0 Å². The molecule has 0 amide bonds. The molecule has 2 aromatic rings. The minimum absolute atomic E-state index is 0.00546. The average Bonchev–Trinajstić information content (AvgIpc) is 3.57. The normalized spacial score (nSPS) is 20.1. The summed E-state index contributed by atoms with van der Waals surface area (Å²) in [6.07, 6.45) is 3.19. The van der Waals surface area contributed by atoms with Crippen LogP contribution in [0.15, 0.2) is 59.7 Å². The van der Waals surface area contributed by atoms with Crippen molar-refractivity contribution in [2.45, 2.75) is 0 Å². The van der Waals surface area contributed by atoms with Gasteiger partial charge in [-0.1, -0.05) is 18.2 Å². The van der Waals surface area contributed by atoms with E-state index >= 15 is 0 Å². The first kappa shape index (κ1) is 16.8. The van der Waals surface area contributed by atoms with E-state index in [-0.39, 0.29) is 17.3 Å². The lowest BCUT2D eigenvalue weighted by atomic mass is 10.0. The van der Waals surface area contributed by atoms with Gasteiger partial charge in [-0.25, -0.2) is 0 Å². The lowest BCUT2D eigenvalue weighted by Gasteiger charge is -2.21. The SMILES string of the molecule is O=C1C=C(N2CC2)C(=O)C(N2CC2)=C1N1CC1.Oc1cccc2cccnc12. The van der Waals surface area contributed by atoms with Gasteiger partial charge in [-0.05, 0) is 12.1 Å². The van der Waals surface area contributed by atoms with E-state index in [1.165, 1.54) is 6.08 Å². The molecule has 142 valence electrons. The van der Waals surface area contributed by atoms with Gasteiger partial charge in [-0.3, -0.25) is 14.6 Å². The molecule has 28 heavy (non-hydrogen) atoms. The lowest BCUT2D eigenvalue weighted by Crippen LogP contribution is -2.29. The molecule has 0 bridgehead atoms. The van der Waals surface area contributed by atoms with Crippen molar-refractivity contribution in [2.24, 2.45) is 0 Å².